The van der Waals surface area contributed by atoms with Crippen LogP contribution in [0.15, 0.2) is 54.6 Å². The number of carbonyl (C=O) groups excluding carboxylic acids is 1. The molecule has 0 aliphatic carbocycles. The molecule has 3 aromatic rings. The first kappa shape index (κ1) is 21.3. The number of halogens is 3. The molecule has 0 atom stereocenters. The number of methoxy groups -OCH3 is 1. The highest BCUT2D eigenvalue weighted by Gasteiger charge is 2.30. The number of aryl methyl sites for hydroxylation is 1. The van der Waals surface area contributed by atoms with Crippen molar-refractivity contribution in [3.63, 3.8) is 0 Å². The van der Waals surface area contributed by atoms with Gasteiger partial charge in [0.1, 0.15) is 5.75 Å². The highest BCUT2D eigenvalue weighted by molar-refractivity contribution is 5.89. The van der Waals surface area contributed by atoms with Crippen LogP contribution in [0.5, 0.6) is 5.75 Å². The topological polar surface area (TPSA) is 55.3 Å². The number of aromatic nitrogens is 1. The number of nitrogens with zero attached hydrogens (tertiary/aromatic N) is 1. The summed E-state index contributed by atoms with van der Waals surface area (Å²) in [4.78, 5) is 12.2. The molecule has 0 saturated heterocycles. The first-order valence-corrected chi connectivity index (χ1v) is 9.23. The van der Waals surface area contributed by atoms with Gasteiger partial charge >= 0.3 is 12.2 Å². The SMILES string of the molecule is COc1ccc(-n2c(C)cc(CNC(=O)Nc3cccc(C(F)(F)F)c3)c2C)cc1. The van der Waals surface area contributed by atoms with Crippen LogP contribution in [0.25, 0.3) is 5.69 Å². The molecule has 0 bridgehead atoms. The first-order chi connectivity index (χ1) is 14.2. The minimum Gasteiger partial charge on any atom is -0.497 e. The highest BCUT2D eigenvalue weighted by atomic mass is 19.4. The fourth-order valence-electron chi connectivity index (χ4n) is 3.26. The minimum atomic E-state index is -4.47. The van der Waals surface area contributed by atoms with Gasteiger partial charge in [-0.2, -0.15) is 13.2 Å². The lowest BCUT2D eigenvalue weighted by molar-refractivity contribution is -0.137. The van der Waals surface area contributed by atoms with Crippen molar-refractivity contribution in [3.8, 4) is 11.4 Å². The van der Waals surface area contributed by atoms with E-state index in [4.69, 9.17) is 4.74 Å². The van der Waals surface area contributed by atoms with Crippen molar-refractivity contribution in [3.05, 3.63) is 77.1 Å². The third-order valence-corrected chi connectivity index (χ3v) is 4.75. The van der Waals surface area contributed by atoms with Gasteiger partial charge in [0.2, 0.25) is 0 Å². The Balaban J connectivity index is 1.68. The Kier molecular flexibility index (Phi) is 6.05. The quantitative estimate of drug-likeness (QED) is 0.581. The summed E-state index contributed by atoms with van der Waals surface area (Å²) in [6, 6.07) is 13.5. The second kappa shape index (κ2) is 8.52. The molecule has 5 nitrogen and oxygen atoms in total. The Morgan fingerprint density at radius 2 is 1.77 bits per heavy atom. The van der Waals surface area contributed by atoms with E-state index >= 15 is 0 Å². The molecule has 2 amide bonds. The molecule has 0 saturated carbocycles. The van der Waals surface area contributed by atoms with Crippen LogP contribution < -0.4 is 15.4 Å². The number of alkyl halides is 3. The van der Waals surface area contributed by atoms with Gasteiger partial charge < -0.3 is 19.9 Å². The molecule has 2 aromatic carbocycles. The molecule has 0 spiro atoms. The molecule has 0 aliphatic rings. The summed E-state index contributed by atoms with van der Waals surface area (Å²) in [5.74, 6) is 0.759. The Morgan fingerprint density at radius 3 is 2.40 bits per heavy atom. The van der Waals surface area contributed by atoms with Crippen molar-refractivity contribution in [2.24, 2.45) is 0 Å². The van der Waals surface area contributed by atoms with Gasteiger partial charge in [-0.1, -0.05) is 6.07 Å². The van der Waals surface area contributed by atoms with E-state index in [1.807, 2.05) is 44.2 Å². The Hall–Kier alpha value is -3.42. The number of benzene rings is 2. The van der Waals surface area contributed by atoms with Gasteiger partial charge in [-0.15, -0.1) is 0 Å². The maximum absolute atomic E-state index is 12.8. The van der Waals surface area contributed by atoms with Crippen molar-refractivity contribution in [1.29, 1.82) is 0 Å². The number of nitrogens with one attached hydrogen (secondary N) is 2. The molecule has 158 valence electrons. The number of rotatable bonds is 5. The van der Waals surface area contributed by atoms with Crippen LogP contribution in [-0.2, 0) is 12.7 Å². The third kappa shape index (κ3) is 4.76. The number of urea groups is 1. The van der Waals surface area contributed by atoms with Crippen molar-refractivity contribution in [1.82, 2.24) is 9.88 Å². The second-order valence-corrected chi connectivity index (χ2v) is 6.82. The molecule has 2 N–H and O–H groups in total. The number of hydrogen-bond donors (Lipinski definition) is 2. The van der Waals surface area contributed by atoms with Crippen LogP contribution in [0.1, 0.15) is 22.5 Å². The summed E-state index contributed by atoms with van der Waals surface area (Å²) in [6.45, 7) is 4.14. The molecule has 8 heteroatoms. The summed E-state index contributed by atoms with van der Waals surface area (Å²) >= 11 is 0. The zero-order valence-electron chi connectivity index (χ0n) is 16.8. The van der Waals surface area contributed by atoms with Crippen molar-refractivity contribution >= 4 is 11.7 Å². The van der Waals surface area contributed by atoms with Crippen molar-refractivity contribution < 1.29 is 22.7 Å². The van der Waals surface area contributed by atoms with Crippen LogP contribution in [0.4, 0.5) is 23.7 Å². The van der Waals surface area contributed by atoms with E-state index in [0.29, 0.717) is 0 Å². The largest absolute Gasteiger partial charge is 0.497 e. The van der Waals surface area contributed by atoms with Crippen LogP contribution in [0, 0.1) is 13.8 Å². The van der Waals surface area contributed by atoms with E-state index < -0.39 is 17.8 Å². The van der Waals surface area contributed by atoms with E-state index in [9.17, 15) is 18.0 Å². The molecular formula is C22H22F3N3O2. The number of anilines is 1. The van der Waals surface area contributed by atoms with E-state index in [1.165, 1.54) is 12.1 Å². The van der Waals surface area contributed by atoms with Gasteiger partial charge in [0.15, 0.2) is 0 Å². The molecule has 0 aliphatic heterocycles. The van der Waals surface area contributed by atoms with Gasteiger partial charge in [0.25, 0.3) is 0 Å². The smallest absolute Gasteiger partial charge is 0.416 e. The molecule has 30 heavy (non-hydrogen) atoms. The van der Waals surface area contributed by atoms with Gasteiger partial charge in [-0.3, -0.25) is 0 Å². The Labute approximate surface area is 172 Å². The second-order valence-electron chi connectivity index (χ2n) is 6.82. The van der Waals surface area contributed by atoms with Crippen molar-refractivity contribution in [2.45, 2.75) is 26.6 Å². The molecule has 1 heterocycles. The highest BCUT2D eigenvalue weighted by Crippen LogP contribution is 2.30. The fourth-order valence-corrected chi connectivity index (χ4v) is 3.26. The predicted octanol–water partition coefficient (Wildman–Crippen LogP) is 5.44. The maximum atomic E-state index is 12.8. The van der Waals surface area contributed by atoms with E-state index in [0.717, 1.165) is 40.5 Å². The third-order valence-electron chi connectivity index (χ3n) is 4.75. The fraction of sp³-hybridized carbons (Fsp3) is 0.227. The summed E-state index contributed by atoms with van der Waals surface area (Å²) in [5.41, 5.74) is 3.08. The zero-order chi connectivity index (χ0) is 21.9. The van der Waals surface area contributed by atoms with Gasteiger partial charge in [-0.05, 0) is 67.9 Å². The van der Waals surface area contributed by atoms with Crippen LogP contribution in [-0.4, -0.2) is 17.7 Å². The number of carbonyl (C=O) groups is 1. The Bertz CT molecular complexity index is 1040. The standard InChI is InChI=1S/C22H22F3N3O2/c1-14-11-16(15(2)28(14)19-7-9-20(30-3)10-8-19)13-26-21(29)27-18-6-4-5-17(12-18)22(23,24)25/h4-12H,13H2,1-3H3,(H2,26,27,29). The number of hydrogen-bond acceptors (Lipinski definition) is 2. The molecule has 1 aromatic heterocycles. The zero-order valence-corrected chi connectivity index (χ0v) is 16.8. The minimum absolute atomic E-state index is 0.0750. The predicted molar refractivity (Wildman–Crippen MR) is 109 cm³/mol. The molecule has 0 unspecified atom stereocenters. The lowest BCUT2D eigenvalue weighted by Gasteiger charge is -2.12. The maximum Gasteiger partial charge on any atom is 0.416 e. The monoisotopic (exact) mass is 417 g/mol. The molecular weight excluding hydrogens is 395 g/mol. The molecule has 0 fully saturated rings. The first-order valence-electron chi connectivity index (χ1n) is 9.23. The summed E-state index contributed by atoms with van der Waals surface area (Å²) in [6.07, 6.45) is -4.47. The number of amides is 2. The van der Waals surface area contributed by atoms with Gasteiger partial charge in [0.05, 0.1) is 12.7 Å². The summed E-state index contributed by atoms with van der Waals surface area (Å²) in [7, 11) is 1.61. The molecule has 0 radical (unpaired) electrons. The number of ether oxygens (including phenoxy) is 1. The lowest BCUT2D eigenvalue weighted by Crippen LogP contribution is -2.28. The average Bonchev–Trinajstić information content (AvgIpc) is 2.99. The lowest BCUT2D eigenvalue weighted by atomic mass is 10.2. The summed E-state index contributed by atoms with van der Waals surface area (Å²) in [5, 5.41) is 5.13. The van der Waals surface area contributed by atoms with E-state index in [2.05, 4.69) is 15.2 Å². The van der Waals surface area contributed by atoms with Crippen LogP contribution in [0.2, 0.25) is 0 Å². The van der Waals surface area contributed by atoms with Crippen LogP contribution >= 0.6 is 0 Å². The normalized spacial score (nSPS) is 11.3. The van der Waals surface area contributed by atoms with Gasteiger partial charge in [0, 0.05) is 29.3 Å². The molecule has 3 rings (SSSR count). The average molecular weight is 417 g/mol. The summed E-state index contributed by atoms with van der Waals surface area (Å²) < 4.78 is 45.7. The van der Waals surface area contributed by atoms with Crippen molar-refractivity contribution in [2.75, 3.05) is 12.4 Å². The van der Waals surface area contributed by atoms with Crippen LogP contribution in [0.3, 0.4) is 0 Å². The van der Waals surface area contributed by atoms with Gasteiger partial charge in [-0.25, -0.2) is 4.79 Å². The van der Waals surface area contributed by atoms with E-state index in [1.54, 1.807) is 7.11 Å². The Morgan fingerprint density at radius 1 is 1.07 bits per heavy atom. The van der Waals surface area contributed by atoms with E-state index in [-0.39, 0.29) is 12.2 Å².